The molecule has 3 rings (SSSR count). The summed E-state index contributed by atoms with van der Waals surface area (Å²) in [7, 11) is 0. The van der Waals surface area contributed by atoms with Gasteiger partial charge in [0.25, 0.3) is 5.91 Å². The molecule has 1 fully saturated rings. The predicted octanol–water partition coefficient (Wildman–Crippen LogP) is 4.75. The van der Waals surface area contributed by atoms with Gasteiger partial charge in [-0.2, -0.15) is 0 Å². The highest BCUT2D eigenvalue weighted by Crippen LogP contribution is 2.31. The zero-order chi connectivity index (χ0) is 22.8. The van der Waals surface area contributed by atoms with Crippen LogP contribution in [0, 0.1) is 24.6 Å². The topological polar surface area (TPSA) is 67.2 Å². The first-order valence-corrected chi connectivity index (χ1v) is 11.5. The summed E-state index contributed by atoms with van der Waals surface area (Å²) in [5.74, 6) is 1.17. The number of carbonyl (C=O) groups excluding carboxylic acids is 1. The second-order valence-electron chi connectivity index (χ2n) is 9.61. The van der Waals surface area contributed by atoms with Gasteiger partial charge in [-0.15, -0.1) is 0 Å². The summed E-state index contributed by atoms with van der Waals surface area (Å²) in [5, 5.41) is 13.7. The summed E-state index contributed by atoms with van der Waals surface area (Å²) in [4.78, 5) is 17.4. The molecule has 31 heavy (non-hydrogen) atoms. The highest BCUT2D eigenvalue weighted by Gasteiger charge is 2.32. The lowest BCUT2D eigenvalue weighted by molar-refractivity contribution is -0.00544. The van der Waals surface area contributed by atoms with Crippen molar-refractivity contribution in [3.05, 3.63) is 46.8 Å². The standard InChI is InChI=1S/C25H36FN3O2/c1-6-22-28-23(24(30)27-15-25(31)11-9-17(4)10-12-25)18(5)29(22)20-8-7-19(13-16(2)3)21(26)14-20/h7-8,14,16-17,31H,6,9-13,15H2,1-5H3,(H,27,30). The molecule has 0 radical (unpaired) electrons. The fourth-order valence-electron chi connectivity index (χ4n) is 4.44. The van der Waals surface area contributed by atoms with E-state index in [0.717, 1.165) is 12.8 Å². The molecule has 1 saturated carbocycles. The Kier molecular flexibility index (Phi) is 7.20. The Morgan fingerprint density at radius 2 is 2.03 bits per heavy atom. The normalized spacial score (nSPS) is 21.5. The van der Waals surface area contributed by atoms with Gasteiger partial charge in [0, 0.05) is 18.7 Å². The monoisotopic (exact) mass is 429 g/mol. The molecular formula is C25H36FN3O2. The molecule has 1 aliphatic rings. The molecule has 0 saturated heterocycles. The third-order valence-electron chi connectivity index (χ3n) is 6.41. The van der Waals surface area contributed by atoms with Gasteiger partial charge < -0.3 is 15.0 Å². The van der Waals surface area contributed by atoms with E-state index in [1.54, 1.807) is 0 Å². The average molecular weight is 430 g/mol. The van der Waals surface area contributed by atoms with E-state index in [-0.39, 0.29) is 18.3 Å². The lowest BCUT2D eigenvalue weighted by atomic mass is 9.79. The quantitative estimate of drug-likeness (QED) is 0.667. The van der Waals surface area contributed by atoms with Crippen LogP contribution in [0.15, 0.2) is 18.2 Å². The van der Waals surface area contributed by atoms with E-state index < -0.39 is 5.60 Å². The van der Waals surface area contributed by atoms with Gasteiger partial charge in [-0.05, 0) is 68.6 Å². The maximum Gasteiger partial charge on any atom is 0.271 e. The molecule has 6 heteroatoms. The zero-order valence-electron chi connectivity index (χ0n) is 19.5. The number of aryl methyl sites for hydroxylation is 1. The highest BCUT2D eigenvalue weighted by molar-refractivity contribution is 5.93. The Balaban J connectivity index is 1.81. The van der Waals surface area contributed by atoms with Crippen molar-refractivity contribution in [3.8, 4) is 5.69 Å². The smallest absolute Gasteiger partial charge is 0.271 e. The summed E-state index contributed by atoms with van der Waals surface area (Å²) in [6.07, 6.45) is 4.64. The van der Waals surface area contributed by atoms with E-state index in [1.165, 1.54) is 6.07 Å². The molecule has 0 spiro atoms. The zero-order valence-corrected chi connectivity index (χ0v) is 19.5. The number of amides is 1. The number of imidazole rings is 1. The number of halogens is 1. The summed E-state index contributed by atoms with van der Waals surface area (Å²) in [6, 6.07) is 5.24. The van der Waals surface area contributed by atoms with Crippen LogP contribution in [0.4, 0.5) is 4.39 Å². The predicted molar refractivity (Wildman–Crippen MR) is 121 cm³/mol. The Hall–Kier alpha value is -2.21. The van der Waals surface area contributed by atoms with Crippen molar-refractivity contribution in [2.45, 2.75) is 78.7 Å². The van der Waals surface area contributed by atoms with Crippen LogP contribution in [-0.4, -0.2) is 32.7 Å². The SMILES string of the molecule is CCc1nc(C(=O)NCC2(O)CCC(C)CC2)c(C)n1-c1ccc(CC(C)C)c(F)c1. The second kappa shape index (κ2) is 9.51. The van der Waals surface area contributed by atoms with E-state index in [4.69, 9.17) is 0 Å². The molecule has 1 aromatic carbocycles. The van der Waals surface area contributed by atoms with Crippen LogP contribution in [0.25, 0.3) is 5.69 Å². The van der Waals surface area contributed by atoms with Gasteiger partial charge in [-0.25, -0.2) is 9.37 Å². The summed E-state index contributed by atoms with van der Waals surface area (Å²) in [6.45, 7) is 10.4. The van der Waals surface area contributed by atoms with Crippen molar-refractivity contribution in [2.75, 3.05) is 6.54 Å². The minimum absolute atomic E-state index is 0.227. The Morgan fingerprint density at radius 1 is 1.35 bits per heavy atom. The molecular weight excluding hydrogens is 393 g/mol. The molecule has 2 aromatic rings. The lowest BCUT2D eigenvalue weighted by Crippen LogP contribution is -2.45. The average Bonchev–Trinajstić information content (AvgIpc) is 3.06. The molecule has 2 N–H and O–H groups in total. The number of hydrogen-bond acceptors (Lipinski definition) is 3. The Bertz CT molecular complexity index is 927. The van der Waals surface area contributed by atoms with E-state index >= 15 is 0 Å². The summed E-state index contributed by atoms with van der Waals surface area (Å²) >= 11 is 0. The van der Waals surface area contributed by atoms with Crippen molar-refractivity contribution in [3.63, 3.8) is 0 Å². The van der Waals surface area contributed by atoms with Gasteiger partial charge in [-0.1, -0.05) is 33.8 Å². The molecule has 1 amide bonds. The number of aliphatic hydroxyl groups is 1. The summed E-state index contributed by atoms with van der Waals surface area (Å²) in [5.41, 5.74) is 1.53. The second-order valence-corrected chi connectivity index (χ2v) is 9.61. The molecule has 0 atom stereocenters. The molecule has 5 nitrogen and oxygen atoms in total. The maximum atomic E-state index is 14.7. The van der Waals surface area contributed by atoms with Crippen LogP contribution in [0.3, 0.4) is 0 Å². The van der Waals surface area contributed by atoms with Gasteiger partial charge in [0.15, 0.2) is 0 Å². The van der Waals surface area contributed by atoms with Crippen LogP contribution < -0.4 is 5.32 Å². The van der Waals surface area contributed by atoms with Gasteiger partial charge in [0.2, 0.25) is 0 Å². The van der Waals surface area contributed by atoms with Crippen LogP contribution in [0.5, 0.6) is 0 Å². The van der Waals surface area contributed by atoms with Crippen LogP contribution >= 0.6 is 0 Å². The van der Waals surface area contributed by atoms with Gasteiger partial charge in [0.1, 0.15) is 17.3 Å². The van der Waals surface area contributed by atoms with Crippen LogP contribution in [-0.2, 0) is 12.8 Å². The first kappa shape index (κ1) is 23.5. The number of benzene rings is 1. The number of carbonyl (C=O) groups is 1. The van der Waals surface area contributed by atoms with Gasteiger partial charge >= 0.3 is 0 Å². The Morgan fingerprint density at radius 3 is 2.61 bits per heavy atom. The van der Waals surface area contributed by atoms with Crippen LogP contribution in [0.2, 0.25) is 0 Å². The van der Waals surface area contributed by atoms with Crippen molar-refractivity contribution >= 4 is 5.91 Å². The highest BCUT2D eigenvalue weighted by atomic mass is 19.1. The number of aromatic nitrogens is 2. The number of nitrogens with zero attached hydrogens (tertiary/aromatic N) is 2. The van der Waals surface area contributed by atoms with Crippen molar-refractivity contribution in [1.29, 1.82) is 0 Å². The van der Waals surface area contributed by atoms with Gasteiger partial charge in [0.05, 0.1) is 11.3 Å². The molecule has 1 heterocycles. The molecule has 0 aliphatic heterocycles. The first-order valence-electron chi connectivity index (χ1n) is 11.5. The van der Waals surface area contributed by atoms with Crippen molar-refractivity contribution in [1.82, 2.24) is 14.9 Å². The van der Waals surface area contributed by atoms with E-state index in [9.17, 15) is 14.3 Å². The van der Waals surface area contributed by atoms with E-state index in [1.807, 2.05) is 30.5 Å². The fraction of sp³-hybridized carbons (Fsp3) is 0.600. The largest absolute Gasteiger partial charge is 0.388 e. The Labute approximate surface area is 185 Å². The molecule has 0 unspecified atom stereocenters. The minimum Gasteiger partial charge on any atom is -0.388 e. The minimum atomic E-state index is -0.846. The molecule has 1 aliphatic carbocycles. The fourth-order valence-corrected chi connectivity index (χ4v) is 4.44. The third-order valence-corrected chi connectivity index (χ3v) is 6.41. The van der Waals surface area contributed by atoms with Gasteiger partial charge in [-0.3, -0.25) is 4.79 Å². The first-order chi connectivity index (χ1) is 14.6. The third kappa shape index (κ3) is 5.35. The maximum absolute atomic E-state index is 14.7. The van der Waals surface area contributed by atoms with Crippen molar-refractivity contribution < 1.29 is 14.3 Å². The number of rotatable bonds is 7. The summed E-state index contributed by atoms with van der Waals surface area (Å²) < 4.78 is 16.5. The van der Waals surface area contributed by atoms with Crippen molar-refractivity contribution in [2.24, 2.45) is 11.8 Å². The molecule has 0 bridgehead atoms. The molecule has 1 aromatic heterocycles. The number of hydrogen-bond donors (Lipinski definition) is 2. The van der Waals surface area contributed by atoms with E-state index in [0.29, 0.717) is 66.0 Å². The number of nitrogens with one attached hydrogen (secondary N) is 1. The lowest BCUT2D eigenvalue weighted by Gasteiger charge is -2.34. The van der Waals surface area contributed by atoms with Crippen LogP contribution in [0.1, 0.15) is 80.9 Å². The van der Waals surface area contributed by atoms with E-state index in [2.05, 4.69) is 31.1 Å². The molecule has 170 valence electrons.